The predicted molar refractivity (Wildman–Crippen MR) is 69.1 cm³/mol. The molecule has 6 heteroatoms. The molecule has 3 aromatic rings. The second-order valence-corrected chi connectivity index (χ2v) is 4.24. The fourth-order valence-corrected chi connectivity index (χ4v) is 2.08. The smallest absolute Gasteiger partial charge is 0.331 e. The van der Waals surface area contributed by atoms with E-state index in [0.717, 1.165) is 4.57 Å². The van der Waals surface area contributed by atoms with Crippen LogP contribution in [-0.4, -0.2) is 14.3 Å². The Hall–Kier alpha value is -2.63. The minimum Gasteiger partial charge on any atom is -0.364 e. The van der Waals surface area contributed by atoms with Gasteiger partial charge in [0.15, 0.2) is 0 Å². The Kier molecular flexibility index (Phi) is 2.56. The van der Waals surface area contributed by atoms with Crippen LogP contribution in [0.1, 0.15) is 5.69 Å². The number of para-hydroxylation sites is 1. The van der Waals surface area contributed by atoms with Crippen LogP contribution in [-0.2, 0) is 13.6 Å². The van der Waals surface area contributed by atoms with Gasteiger partial charge in [-0.3, -0.25) is 13.9 Å². The molecule has 6 nitrogen and oxygen atoms in total. The number of aryl methyl sites for hydroxylation is 1. The minimum atomic E-state index is -0.369. The Balaban J connectivity index is 2.31. The fourth-order valence-electron chi connectivity index (χ4n) is 2.08. The van der Waals surface area contributed by atoms with E-state index in [9.17, 15) is 9.59 Å². The zero-order chi connectivity index (χ0) is 13.4. The molecule has 0 atom stereocenters. The third kappa shape index (κ3) is 1.77. The summed E-state index contributed by atoms with van der Waals surface area (Å²) in [6.45, 7) is 0.104. The highest BCUT2D eigenvalue weighted by molar-refractivity contribution is 5.77. The maximum Gasteiger partial charge on any atom is 0.331 e. The first kappa shape index (κ1) is 11.5. The van der Waals surface area contributed by atoms with Gasteiger partial charge in [-0.05, 0) is 12.1 Å². The molecule has 19 heavy (non-hydrogen) atoms. The zero-order valence-corrected chi connectivity index (χ0v) is 10.2. The maximum atomic E-state index is 12.3. The molecule has 3 rings (SSSR count). The van der Waals surface area contributed by atoms with E-state index in [0.29, 0.717) is 16.6 Å². The van der Waals surface area contributed by atoms with Gasteiger partial charge >= 0.3 is 5.69 Å². The van der Waals surface area contributed by atoms with Gasteiger partial charge in [-0.25, -0.2) is 4.79 Å². The van der Waals surface area contributed by atoms with Crippen LogP contribution in [0.15, 0.2) is 50.7 Å². The number of aromatic nitrogens is 3. The third-order valence-electron chi connectivity index (χ3n) is 3.07. The van der Waals surface area contributed by atoms with Gasteiger partial charge in [0.1, 0.15) is 12.0 Å². The highest BCUT2D eigenvalue weighted by Gasteiger charge is 2.11. The van der Waals surface area contributed by atoms with Crippen LogP contribution in [0.25, 0.3) is 10.9 Å². The van der Waals surface area contributed by atoms with Crippen molar-refractivity contribution >= 4 is 10.9 Å². The van der Waals surface area contributed by atoms with Crippen molar-refractivity contribution in [2.75, 3.05) is 0 Å². The van der Waals surface area contributed by atoms with E-state index in [1.807, 2.05) is 0 Å². The first-order valence-corrected chi connectivity index (χ1v) is 5.76. The lowest BCUT2D eigenvalue weighted by atomic mass is 10.2. The molecular weight excluding hydrogens is 246 g/mol. The topological polar surface area (TPSA) is 70.0 Å². The van der Waals surface area contributed by atoms with E-state index in [4.69, 9.17) is 4.52 Å². The Morgan fingerprint density at radius 3 is 2.74 bits per heavy atom. The quantitative estimate of drug-likeness (QED) is 0.678. The van der Waals surface area contributed by atoms with Crippen LogP contribution in [0.3, 0.4) is 0 Å². The molecule has 0 saturated carbocycles. The molecule has 0 N–H and O–H groups in total. The molecule has 0 spiro atoms. The van der Waals surface area contributed by atoms with Crippen LogP contribution >= 0.6 is 0 Å². The van der Waals surface area contributed by atoms with Gasteiger partial charge in [-0.15, -0.1) is 0 Å². The number of nitrogens with zero attached hydrogens (tertiary/aromatic N) is 3. The second-order valence-electron chi connectivity index (χ2n) is 4.24. The summed E-state index contributed by atoms with van der Waals surface area (Å²) in [6, 6.07) is 8.65. The molecule has 96 valence electrons. The molecule has 2 aromatic heterocycles. The van der Waals surface area contributed by atoms with E-state index in [2.05, 4.69) is 5.16 Å². The molecule has 0 radical (unpaired) electrons. The summed E-state index contributed by atoms with van der Waals surface area (Å²) < 4.78 is 7.32. The van der Waals surface area contributed by atoms with Crippen molar-refractivity contribution in [3.63, 3.8) is 0 Å². The van der Waals surface area contributed by atoms with Gasteiger partial charge in [0.25, 0.3) is 5.56 Å². The maximum absolute atomic E-state index is 12.3. The van der Waals surface area contributed by atoms with Crippen molar-refractivity contribution in [3.05, 3.63) is 63.1 Å². The van der Waals surface area contributed by atoms with Crippen molar-refractivity contribution in [2.24, 2.45) is 7.05 Å². The highest BCUT2D eigenvalue weighted by atomic mass is 16.5. The number of rotatable bonds is 2. The summed E-state index contributed by atoms with van der Waals surface area (Å²) in [6.07, 6.45) is 1.41. The first-order valence-electron chi connectivity index (χ1n) is 5.76. The van der Waals surface area contributed by atoms with E-state index in [-0.39, 0.29) is 17.8 Å². The summed E-state index contributed by atoms with van der Waals surface area (Å²) in [5, 5.41) is 4.23. The van der Waals surface area contributed by atoms with Gasteiger partial charge in [0.05, 0.1) is 17.4 Å². The summed E-state index contributed by atoms with van der Waals surface area (Å²) in [5.41, 5.74) is 0.469. The van der Waals surface area contributed by atoms with Gasteiger partial charge in [-0.1, -0.05) is 17.3 Å². The summed E-state index contributed by atoms with van der Waals surface area (Å²) in [5.74, 6) is 0. The number of hydrogen-bond acceptors (Lipinski definition) is 4. The highest BCUT2D eigenvalue weighted by Crippen LogP contribution is 2.06. The Labute approximate surface area is 107 Å². The molecule has 0 bridgehead atoms. The average Bonchev–Trinajstić information content (AvgIpc) is 2.94. The molecular formula is C13H11N3O3. The third-order valence-corrected chi connectivity index (χ3v) is 3.07. The molecule has 0 unspecified atom stereocenters. The number of benzene rings is 1. The van der Waals surface area contributed by atoms with E-state index < -0.39 is 0 Å². The van der Waals surface area contributed by atoms with Crippen LogP contribution in [0.5, 0.6) is 0 Å². The number of hydrogen-bond donors (Lipinski definition) is 0. The summed E-state index contributed by atoms with van der Waals surface area (Å²) >= 11 is 0. The van der Waals surface area contributed by atoms with Crippen LogP contribution in [0.4, 0.5) is 0 Å². The molecule has 0 aliphatic carbocycles. The van der Waals surface area contributed by atoms with Gasteiger partial charge < -0.3 is 4.52 Å². The van der Waals surface area contributed by atoms with Gasteiger partial charge in [0, 0.05) is 13.1 Å². The predicted octanol–water partition coefficient (Wildman–Crippen LogP) is 0.736. The molecule has 2 heterocycles. The Morgan fingerprint density at radius 2 is 2.00 bits per heavy atom. The van der Waals surface area contributed by atoms with Crippen molar-refractivity contribution in [1.82, 2.24) is 14.3 Å². The molecule has 0 saturated heterocycles. The lowest BCUT2D eigenvalue weighted by Gasteiger charge is -2.09. The van der Waals surface area contributed by atoms with Crippen LogP contribution in [0, 0.1) is 0 Å². The molecule has 1 aromatic carbocycles. The lowest BCUT2D eigenvalue weighted by molar-refractivity contribution is 0.408. The Bertz CT molecular complexity index is 844. The molecule has 0 fully saturated rings. The van der Waals surface area contributed by atoms with Gasteiger partial charge in [0.2, 0.25) is 0 Å². The largest absolute Gasteiger partial charge is 0.364 e. The summed E-state index contributed by atoms with van der Waals surface area (Å²) in [4.78, 5) is 24.5. The average molecular weight is 257 g/mol. The van der Waals surface area contributed by atoms with Crippen molar-refractivity contribution in [2.45, 2.75) is 6.54 Å². The van der Waals surface area contributed by atoms with E-state index in [1.54, 1.807) is 37.4 Å². The first-order chi connectivity index (χ1) is 9.18. The Morgan fingerprint density at radius 1 is 1.21 bits per heavy atom. The number of fused-ring (bicyclic) bond motifs is 1. The molecule has 0 amide bonds. The van der Waals surface area contributed by atoms with Crippen molar-refractivity contribution in [3.8, 4) is 0 Å². The van der Waals surface area contributed by atoms with Crippen LogP contribution < -0.4 is 11.2 Å². The minimum absolute atomic E-state index is 0.104. The van der Waals surface area contributed by atoms with Crippen LogP contribution in [0.2, 0.25) is 0 Å². The normalized spacial score (nSPS) is 11.0. The zero-order valence-electron chi connectivity index (χ0n) is 10.2. The van der Waals surface area contributed by atoms with Crippen molar-refractivity contribution in [1.29, 1.82) is 0 Å². The SMILES string of the molecule is Cn1c(=O)n(Cc2ccon2)c(=O)c2ccccc21. The van der Waals surface area contributed by atoms with Crippen molar-refractivity contribution < 1.29 is 4.52 Å². The standard InChI is InChI=1S/C13H11N3O3/c1-15-11-5-3-2-4-10(11)12(17)16(13(15)18)8-9-6-7-19-14-9/h2-7H,8H2,1H3. The van der Waals surface area contributed by atoms with Gasteiger partial charge in [-0.2, -0.15) is 0 Å². The lowest BCUT2D eigenvalue weighted by Crippen LogP contribution is -2.39. The second kappa shape index (κ2) is 4.24. The van der Waals surface area contributed by atoms with E-state index >= 15 is 0 Å². The van der Waals surface area contributed by atoms with E-state index in [1.165, 1.54) is 10.8 Å². The fraction of sp³-hybridized carbons (Fsp3) is 0.154. The molecule has 0 aliphatic heterocycles. The molecule has 0 aliphatic rings. The summed E-state index contributed by atoms with van der Waals surface area (Å²) in [7, 11) is 1.64. The monoisotopic (exact) mass is 257 g/mol.